The zero-order chi connectivity index (χ0) is 14.7. The number of carbonyl (C=O) groups is 1. The van der Waals surface area contributed by atoms with E-state index in [0.29, 0.717) is 27.7 Å². The number of hydrogen-bond acceptors (Lipinski definition) is 3. The summed E-state index contributed by atoms with van der Waals surface area (Å²) < 4.78 is 13.7. The van der Waals surface area contributed by atoms with Gasteiger partial charge in [0.15, 0.2) is 0 Å². The lowest BCUT2D eigenvalue weighted by atomic mass is 10.1. The molecule has 1 aromatic heterocycles. The predicted molar refractivity (Wildman–Crippen MR) is 77.3 cm³/mol. The third-order valence-electron chi connectivity index (χ3n) is 2.81. The van der Waals surface area contributed by atoms with Gasteiger partial charge >= 0.3 is 5.97 Å². The summed E-state index contributed by atoms with van der Waals surface area (Å²) in [7, 11) is 0. The normalized spacial score (nSPS) is 10.8. The topological polar surface area (TPSA) is 50.2 Å². The number of benzene rings is 1. The van der Waals surface area contributed by atoms with Crippen molar-refractivity contribution in [2.24, 2.45) is 0 Å². The van der Waals surface area contributed by atoms with Crippen LogP contribution in [0.3, 0.4) is 0 Å². The summed E-state index contributed by atoms with van der Waals surface area (Å²) in [5.74, 6) is -1.39. The van der Waals surface area contributed by atoms with Crippen molar-refractivity contribution in [3.8, 4) is 0 Å². The molecule has 2 rings (SSSR count). The average Bonchev–Trinajstić information content (AvgIpc) is 2.78. The molecular weight excluding hydrogens is 301 g/mol. The minimum atomic E-state index is -0.989. The summed E-state index contributed by atoms with van der Waals surface area (Å²) >= 11 is 7.05. The van der Waals surface area contributed by atoms with Gasteiger partial charge in [-0.2, -0.15) is 0 Å². The van der Waals surface area contributed by atoms with Gasteiger partial charge in [-0.25, -0.2) is 14.2 Å². The van der Waals surface area contributed by atoms with Gasteiger partial charge in [-0.05, 0) is 18.6 Å². The predicted octanol–water partition coefficient (Wildman–Crippen LogP) is 4.18. The van der Waals surface area contributed by atoms with E-state index in [4.69, 9.17) is 16.7 Å². The number of carboxylic acid groups (broad SMARTS) is 1. The fraction of sp³-hybridized carbons (Fsp3) is 0.286. The number of aromatic nitrogens is 1. The third kappa shape index (κ3) is 3.16. The Morgan fingerprint density at radius 1 is 1.50 bits per heavy atom. The first-order chi connectivity index (χ1) is 9.52. The molecule has 1 aromatic carbocycles. The summed E-state index contributed by atoms with van der Waals surface area (Å²) in [6.45, 7) is 1.96. The van der Waals surface area contributed by atoms with Gasteiger partial charge in [-0.3, -0.25) is 0 Å². The molecule has 106 valence electrons. The molecule has 0 saturated heterocycles. The second-order valence-corrected chi connectivity index (χ2v) is 5.81. The van der Waals surface area contributed by atoms with Gasteiger partial charge in [0.2, 0.25) is 0 Å². The van der Waals surface area contributed by atoms with Crippen LogP contribution in [0, 0.1) is 5.82 Å². The minimum absolute atomic E-state index is 0.208. The molecule has 2 aromatic rings. The molecule has 0 saturated carbocycles. The van der Waals surface area contributed by atoms with Crippen molar-refractivity contribution < 1.29 is 14.3 Å². The van der Waals surface area contributed by atoms with Crippen LogP contribution in [-0.2, 0) is 12.8 Å². The van der Waals surface area contributed by atoms with E-state index >= 15 is 0 Å². The van der Waals surface area contributed by atoms with E-state index in [0.717, 1.165) is 17.8 Å². The van der Waals surface area contributed by atoms with Crippen LogP contribution in [0.1, 0.15) is 39.3 Å². The maximum absolute atomic E-state index is 13.7. The van der Waals surface area contributed by atoms with Crippen molar-refractivity contribution in [1.82, 2.24) is 4.98 Å². The Hall–Kier alpha value is -1.46. The van der Waals surface area contributed by atoms with Gasteiger partial charge in [-0.1, -0.05) is 31.0 Å². The van der Waals surface area contributed by atoms with E-state index in [1.807, 2.05) is 6.92 Å². The number of hydrogen-bond donors (Lipinski definition) is 1. The quantitative estimate of drug-likeness (QED) is 0.901. The Morgan fingerprint density at radius 2 is 2.25 bits per heavy atom. The van der Waals surface area contributed by atoms with Crippen LogP contribution in [0.2, 0.25) is 5.02 Å². The molecule has 0 aliphatic carbocycles. The number of rotatable bonds is 5. The van der Waals surface area contributed by atoms with Crippen molar-refractivity contribution in [3.63, 3.8) is 0 Å². The Bertz CT molecular complexity index is 622. The molecule has 0 amide bonds. The van der Waals surface area contributed by atoms with Gasteiger partial charge in [0.05, 0.1) is 10.7 Å². The Kier molecular flexibility index (Phi) is 4.73. The monoisotopic (exact) mass is 313 g/mol. The number of aromatic carboxylic acids is 1. The lowest BCUT2D eigenvalue weighted by molar-refractivity contribution is 0.0700. The largest absolute Gasteiger partial charge is 0.477 e. The van der Waals surface area contributed by atoms with Crippen LogP contribution in [0.25, 0.3) is 0 Å². The van der Waals surface area contributed by atoms with E-state index in [9.17, 15) is 9.18 Å². The van der Waals surface area contributed by atoms with Crippen LogP contribution in [0.15, 0.2) is 18.2 Å². The highest BCUT2D eigenvalue weighted by Gasteiger charge is 2.18. The van der Waals surface area contributed by atoms with Gasteiger partial charge in [-0.15, -0.1) is 11.3 Å². The fourth-order valence-corrected chi connectivity index (χ4v) is 3.09. The lowest BCUT2D eigenvalue weighted by Crippen LogP contribution is -1.98. The Morgan fingerprint density at radius 3 is 2.85 bits per heavy atom. The number of thiazole rings is 1. The van der Waals surface area contributed by atoms with Crippen molar-refractivity contribution in [2.75, 3.05) is 0 Å². The molecule has 0 radical (unpaired) electrons. The molecule has 0 bridgehead atoms. The Labute approximate surface area is 125 Å². The summed E-state index contributed by atoms with van der Waals surface area (Å²) in [5, 5.41) is 10.0. The number of halogens is 2. The standard InChI is InChI=1S/C14H13ClFNO2S/c1-2-4-11-13(14(18)19)20-12(17-11)7-8-9(15)5-3-6-10(8)16/h3,5-6H,2,4,7H2,1H3,(H,18,19). The molecule has 1 N–H and O–H groups in total. The van der Waals surface area contributed by atoms with Crippen LogP contribution >= 0.6 is 22.9 Å². The molecule has 0 aliphatic heterocycles. The van der Waals surface area contributed by atoms with Gasteiger partial charge in [0, 0.05) is 17.0 Å². The van der Waals surface area contributed by atoms with Crippen LogP contribution < -0.4 is 0 Å². The van der Waals surface area contributed by atoms with Crippen molar-refractivity contribution >= 4 is 28.9 Å². The van der Waals surface area contributed by atoms with Gasteiger partial charge in [0.1, 0.15) is 10.7 Å². The van der Waals surface area contributed by atoms with Crippen molar-refractivity contribution in [2.45, 2.75) is 26.2 Å². The summed E-state index contributed by atoms with van der Waals surface area (Å²) in [6, 6.07) is 4.48. The molecule has 20 heavy (non-hydrogen) atoms. The second-order valence-electron chi connectivity index (χ2n) is 4.32. The van der Waals surface area contributed by atoms with Crippen LogP contribution in [0.4, 0.5) is 4.39 Å². The summed E-state index contributed by atoms with van der Waals surface area (Å²) in [6.07, 6.45) is 1.62. The highest BCUT2D eigenvalue weighted by molar-refractivity contribution is 7.13. The second kappa shape index (κ2) is 6.33. The van der Waals surface area contributed by atoms with Crippen molar-refractivity contribution in [1.29, 1.82) is 0 Å². The molecule has 0 aliphatic rings. The number of aryl methyl sites for hydroxylation is 1. The van der Waals surface area contributed by atoms with E-state index in [1.165, 1.54) is 12.1 Å². The molecule has 0 atom stereocenters. The van der Waals surface area contributed by atoms with Crippen LogP contribution in [-0.4, -0.2) is 16.1 Å². The zero-order valence-electron chi connectivity index (χ0n) is 10.8. The van der Waals surface area contributed by atoms with Gasteiger partial charge < -0.3 is 5.11 Å². The first-order valence-electron chi connectivity index (χ1n) is 6.17. The molecular formula is C14H13ClFNO2S. The van der Waals surface area contributed by atoms with E-state index in [-0.39, 0.29) is 11.3 Å². The zero-order valence-corrected chi connectivity index (χ0v) is 12.4. The minimum Gasteiger partial charge on any atom is -0.477 e. The van der Waals surface area contributed by atoms with E-state index < -0.39 is 11.8 Å². The third-order valence-corrected chi connectivity index (χ3v) is 4.25. The number of nitrogens with zero attached hydrogens (tertiary/aromatic N) is 1. The lowest BCUT2D eigenvalue weighted by Gasteiger charge is -2.02. The maximum atomic E-state index is 13.7. The molecule has 0 fully saturated rings. The average molecular weight is 314 g/mol. The van der Waals surface area contributed by atoms with Crippen molar-refractivity contribution in [3.05, 3.63) is 50.2 Å². The fourth-order valence-electron chi connectivity index (χ4n) is 1.90. The summed E-state index contributed by atoms with van der Waals surface area (Å²) in [5.41, 5.74) is 0.912. The first kappa shape index (κ1) is 14.9. The highest BCUT2D eigenvalue weighted by Crippen LogP contribution is 2.26. The number of carboxylic acids is 1. The van der Waals surface area contributed by atoms with Gasteiger partial charge in [0.25, 0.3) is 0 Å². The Balaban J connectivity index is 2.34. The molecule has 3 nitrogen and oxygen atoms in total. The molecule has 0 spiro atoms. The first-order valence-corrected chi connectivity index (χ1v) is 7.37. The van der Waals surface area contributed by atoms with Crippen LogP contribution in [0.5, 0.6) is 0 Å². The molecule has 1 heterocycles. The van der Waals surface area contributed by atoms with E-state index in [2.05, 4.69) is 4.98 Å². The molecule has 0 unspecified atom stereocenters. The smallest absolute Gasteiger partial charge is 0.347 e. The SMILES string of the molecule is CCCc1nc(Cc2c(F)cccc2Cl)sc1C(=O)O. The summed E-state index contributed by atoms with van der Waals surface area (Å²) in [4.78, 5) is 15.7. The highest BCUT2D eigenvalue weighted by atomic mass is 35.5. The maximum Gasteiger partial charge on any atom is 0.347 e. The molecule has 6 heteroatoms. The van der Waals surface area contributed by atoms with E-state index in [1.54, 1.807) is 6.07 Å².